The Bertz CT molecular complexity index is 1650. The lowest BCUT2D eigenvalue weighted by Gasteiger charge is -2.24. The maximum atomic E-state index is 5.14. The van der Waals surface area contributed by atoms with Gasteiger partial charge in [-0.25, -0.2) is 4.98 Å². The van der Waals surface area contributed by atoms with E-state index in [0.29, 0.717) is 0 Å². The lowest BCUT2D eigenvalue weighted by molar-refractivity contribution is 1.05. The minimum absolute atomic E-state index is 0.895. The van der Waals surface area contributed by atoms with Crippen molar-refractivity contribution in [3.8, 4) is 27.9 Å². The van der Waals surface area contributed by atoms with Crippen LogP contribution in [0.1, 0.15) is 0 Å². The SMILES string of the molecule is c1ccc(-c2ccc(N3c4ccccc4-c4ccccc4-n4c3nc3ccccc34)cc2)cc1. The van der Waals surface area contributed by atoms with Crippen LogP contribution in [0.3, 0.4) is 0 Å². The van der Waals surface area contributed by atoms with Gasteiger partial charge in [-0.3, -0.25) is 9.47 Å². The van der Waals surface area contributed by atoms with E-state index in [1.165, 1.54) is 22.3 Å². The van der Waals surface area contributed by atoms with Crippen LogP contribution in [0.4, 0.5) is 17.3 Å². The quantitative estimate of drug-likeness (QED) is 0.273. The van der Waals surface area contributed by atoms with E-state index in [9.17, 15) is 0 Å². The molecular formula is C31H21N3. The molecule has 3 heteroatoms. The molecule has 0 radical (unpaired) electrons. The van der Waals surface area contributed by atoms with Crippen molar-refractivity contribution in [2.45, 2.75) is 0 Å². The standard InChI is InChI=1S/C31H21N3/c1-2-10-22(11-3-1)23-18-20-24(21-19-23)33-28-15-7-4-12-25(28)26-13-5-8-16-29(26)34-30-17-9-6-14-27(30)32-31(33)34/h1-21H. The highest BCUT2D eigenvalue weighted by atomic mass is 15.3. The third-order valence-electron chi connectivity index (χ3n) is 6.56. The van der Waals surface area contributed by atoms with Crippen LogP contribution in [0.25, 0.3) is 39.0 Å². The van der Waals surface area contributed by atoms with Crippen molar-refractivity contribution in [2.75, 3.05) is 4.90 Å². The Morgan fingerprint density at radius 3 is 1.85 bits per heavy atom. The monoisotopic (exact) mass is 435 g/mol. The highest BCUT2D eigenvalue weighted by molar-refractivity contribution is 5.96. The Kier molecular flexibility index (Phi) is 4.15. The van der Waals surface area contributed by atoms with Crippen LogP contribution in [-0.4, -0.2) is 9.55 Å². The summed E-state index contributed by atoms with van der Waals surface area (Å²) in [7, 11) is 0. The van der Waals surface area contributed by atoms with Gasteiger partial charge in [-0.1, -0.05) is 91.0 Å². The first-order valence-electron chi connectivity index (χ1n) is 11.5. The predicted octanol–water partition coefficient (Wildman–Crippen LogP) is 8.14. The molecule has 5 aromatic carbocycles. The van der Waals surface area contributed by atoms with Crippen LogP contribution < -0.4 is 4.90 Å². The molecule has 0 atom stereocenters. The van der Waals surface area contributed by atoms with Gasteiger partial charge in [-0.05, 0) is 47.5 Å². The molecule has 1 aromatic heterocycles. The number of anilines is 3. The third kappa shape index (κ3) is 2.81. The maximum Gasteiger partial charge on any atom is 0.220 e. The predicted molar refractivity (Wildman–Crippen MR) is 140 cm³/mol. The smallest absolute Gasteiger partial charge is 0.220 e. The molecule has 0 aliphatic carbocycles. The van der Waals surface area contributed by atoms with Crippen molar-refractivity contribution >= 4 is 28.4 Å². The molecule has 2 heterocycles. The lowest BCUT2D eigenvalue weighted by atomic mass is 10.0. The van der Waals surface area contributed by atoms with Gasteiger partial charge in [0, 0.05) is 16.8 Å². The van der Waals surface area contributed by atoms with Crippen LogP contribution in [0.2, 0.25) is 0 Å². The Morgan fingerprint density at radius 2 is 1.06 bits per heavy atom. The van der Waals surface area contributed by atoms with Crippen LogP contribution in [0, 0.1) is 0 Å². The van der Waals surface area contributed by atoms with Gasteiger partial charge in [0.25, 0.3) is 0 Å². The molecule has 6 aromatic rings. The highest BCUT2D eigenvalue weighted by Gasteiger charge is 2.28. The summed E-state index contributed by atoms with van der Waals surface area (Å²) < 4.78 is 2.29. The van der Waals surface area contributed by atoms with Crippen LogP contribution in [-0.2, 0) is 0 Å². The molecule has 0 fully saturated rings. The summed E-state index contributed by atoms with van der Waals surface area (Å²) in [6, 6.07) is 44.8. The number of para-hydroxylation sites is 4. The maximum absolute atomic E-state index is 5.14. The van der Waals surface area contributed by atoms with E-state index in [0.717, 1.165) is 34.0 Å². The highest BCUT2D eigenvalue weighted by Crippen LogP contribution is 2.47. The molecule has 0 amide bonds. The van der Waals surface area contributed by atoms with E-state index in [2.05, 4.69) is 125 Å². The van der Waals surface area contributed by atoms with Gasteiger partial charge >= 0.3 is 0 Å². The fourth-order valence-electron chi connectivity index (χ4n) is 4.99. The van der Waals surface area contributed by atoms with Crippen molar-refractivity contribution in [3.63, 3.8) is 0 Å². The Morgan fingerprint density at radius 1 is 0.471 bits per heavy atom. The molecular weight excluding hydrogens is 414 g/mol. The molecule has 0 saturated carbocycles. The second-order valence-electron chi connectivity index (χ2n) is 8.52. The van der Waals surface area contributed by atoms with Gasteiger partial charge in [-0.15, -0.1) is 0 Å². The van der Waals surface area contributed by atoms with E-state index in [4.69, 9.17) is 4.98 Å². The normalized spacial score (nSPS) is 12.1. The summed E-state index contributed by atoms with van der Waals surface area (Å²) in [5, 5.41) is 0. The van der Waals surface area contributed by atoms with Gasteiger partial charge in [-0.2, -0.15) is 0 Å². The molecule has 0 unspecified atom stereocenters. The van der Waals surface area contributed by atoms with Crippen molar-refractivity contribution in [2.24, 2.45) is 0 Å². The number of hydrogen-bond donors (Lipinski definition) is 0. The molecule has 1 aliphatic rings. The van der Waals surface area contributed by atoms with Crippen LogP contribution in [0.15, 0.2) is 127 Å². The summed E-state index contributed by atoms with van der Waals surface area (Å²) in [5.74, 6) is 0.895. The van der Waals surface area contributed by atoms with Gasteiger partial charge in [0.15, 0.2) is 0 Å². The van der Waals surface area contributed by atoms with Crippen LogP contribution in [0.5, 0.6) is 0 Å². The van der Waals surface area contributed by atoms with Gasteiger partial charge < -0.3 is 0 Å². The largest absolute Gasteiger partial charge is 0.280 e. The number of aromatic nitrogens is 2. The minimum atomic E-state index is 0.895. The fraction of sp³-hybridized carbons (Fsp3) is 0. The van der Waals surface area contributed by atoms with Gasteiger partial charge in [0.1, 0.15) is 0 Å². The zero-order valence-electron chi connectivity index (χ0n) is 18.5. The summed E-state index contributed by atoms with van der Waals surface area (Å²) >= 11 is 0. The van der Waals surface area contributed by atoms with Crippen LogP contribution >= 0.6 is 0 Å². The summed E-state index contributed by atoms with van der Waals surface area (Å²) in [4.78, 5) is 7.42. The first-order valence-corrected chi connectivity index (χ1v) is 11.5. The third-order valence-corrected chi connectivity index (χ3v) is 6.56. The number of rotatable bonds is 2. The Hall–Kier alpha value is -4.63. The second kappa shape index (κ2) is 7.46. The van der Waals surface area contributed by atoms with E-state index in [1.54, 1.807) is 0 Å². The van der Waals surface area contributed by atoms with Crippen molar-refractivity contribution in [1.82, 2.24) is 9.55 Å². The zero-order chi connectivity index (χ0) is 22.5. The van der Waals surface area contributed by atoms with Crippen molar-refractivity contribution in [1.29, 1.82) is 0 Å². The zero-order valence-corrected chi connectivity index (χ0v) is 18.5. The summed E-state index contributed by atoms with van der Waals surface area (Å²) in [5.41, 5.74) is 10.2. The minimum Gasteiger partial charge on any atom is -0.280 e. The number of hydrogen-bond acceptors (Lipinski definition) is 2. The Labute approximate surface area is 198 Å². The van der Waals surface area contributed by atoms with Gasteiger partial charge in [0.2, 0.25) is 5.95 Å². The first kappa shape index (κ1) is 18.9. The van der Waals surface area contributed by atoms with Crippen molar-refractivity contribution < 1.29 is 0 Å². The van der Waals surface area contributed by atoms with Crippen molar-refractivity contribution in [3.05, 3.63) is 127 Å². The molecule has 7 rings (SSSR count). The molecule has 160 valence electrons. The second-order valence-corrected chi connectivity index (χ2v) is 8.52. The average Bonchev–Trinajstić information content (AvgIpc) is 3.23. The molecule has 0 bridgehead atoms. The molecule has 34 heavy (non-hydrogen) atoms. The molecule has 0 N–H and O–H groups in total. The molecule has 0 spiro atoms. The summed E-state index contributed by atoms with van der Waals surface area (Å²) in [6.07, 6.45) is 0. The number of benzene rings is 5. The Balaban J connectivity index is 1.51. The van der Waals surface area contributed by atoms with E-state index in [1.807, 2.05) is 12.1 Å². The number of fused-ring (bicyclic) bond motifs is 7. The average molecular weight is 436 g/mol. The fourth-order valence-corrected chi connectivity index (χ4v) is 4.99. The van der Waals surface area contributed by atoms with Gasteiger partial charge in [0.05, 0.1) is 22.4 Å². The van der Waals surface area contributed by atoms with E-state index < -0.39 is 0 Å². The topological polar surface area (TPSA) is 21.1 Å². The molecule has 3 nitrogen and oxygen atoms in total. The first-order chi connectivity index (χ1) is 16.9. The lowest BCUT2D eigenvalue weighted by Crippen LogP contribution is -2.14. The van der Waals surface area contributed by atoms with E-state index >= 15 is 0 Å². The number of nitrogens with zero attached hydrogens (tertiary/aromatic N) is 3. The van der Waals surface area contributed by atoms with E-state index in [-0.39, 0.29) is 0 Å². The molecule has 1 aliphatic heterocycles. The number of imidazole rings is 1. The summed E-state index contributed by atoms with van der Waals surface area (Å²) in [6.45, 7) is 0. The molecule has 0 saturated heterocycles.